The van der Waals surface area contributed by atoms with Crippen molar-refractivity contribution in [2.24, 2.45) is 0 Å². The van der Waals surface area contributed by atoms with E-state index in [-0.39, 0.29) is 0 Å². The van der Waals surface area contributed by atoms with E-state index in [2.05, 4.69) is 289 Å². The van der Waals surface area contributed by atoms with Gasteiger partial charge < -0.3 is 9.80 Å². The number of hydrogen-bond donors (Lipinski definition) is 0. The monoisotopic (exact) mass is 890 g/mol. The Hall–Kier alpha value is -9.24. The summed E-state index contributed by atoms with van der Waals surface area (Å²) in [6, 6.07) is 102. The molecule has 2 nitrogen and oxygen atoms in total. The van der Waals surface area contributed by atoms with Crippen LogP contribution < -0.4 is 9.80 Å². The van der Waals surface area contributed by atoms with Crippen LogP contribution in [0.2, 0.25) is 0 Å². The highest BCUT2D eigenvalue weighted by molar-refractivity contribution is 6.07. The molecule has 0 saturated carbocycles. The molecule has 13 rings (SSSR count). The standard InChI is InChI=1S/C68H46N2/c1-2-18-55-45-60(43-38-47(55)14-1)69(66-28-12-21-52-16-4-8-24-63(52)66)58-39-34-48(35-40-58)49-36-41-59(42-37-49)70(67-29-13-22-53-17-5-9-25-64(53)67)68-46-57(44-56-19-6-10-26-65(56)68)50-30-32-54(33-31-50)62-27-11-20-51-15-3-7-23-61(51)62/h1-46H. The van der Waals surface area contributed by atoms with Crippen molar-refractivity contribution < 1.29 is 0 Å². The first-order valence-corrected chi connectivity index (χ1v) is 24.1. The van der Waals surface area contributed by atoms with Gasteiger partial charge in [-0.1, -0.05) is 218 Å². The number of hydrogen-bond acceptors (Lipinski definition) is 2. The van der Waals surface area contributed by atoms with Crippen LogP contribution in [0.5, 0.6) is 0 Å². The minimum Gasteiger partial charge on any atom is -0.310 e. The van der Waals surface area contributed by atoms with Crippen molar-refractivity contribution in [3.05, 3.63) is 279 Å². The second-order valence-corrected chi connectivity index (χ2v) is 18.1. The molecule has 0 aliphatic carbocycles. The molecule has 328 valence electrons. The number of benzene rings is 13. The van der Waals surface area contributed by atoms with E-state index in [0.717, 1.165) is 45.3 Å². The molecule has 70 heavy (non-hydrogen) atoms. The van der Waals surface area contributed by atoms with E-state index in [1.54, 1.807) is 0 Å². The van der Waals surface area contributed by atoms with Crippen LogP contribution in [0, 0.1) is 0 Å². The number of nitrogens with zero attached hydrogens (tertiary/aromatic N) is 2. The first-order chi connectivity index (χ1) is 34.7. The Labute approximate surface area is 408 Å². The molecule has 0 aliphatic heterocycles. The second-order valence-electron chi connectivity index (χ2n) is 18.1. The zero-order valence-corrected chi connectivity index (χ0v) is 38.5. The van der Waals surface area contributed by atoms with Gasteiger partial charge in [-0.25, -0.2) is 0 Å². The van der Waals surface area contributed by atoms with E-state index in [1.807, 2.05) is 0 Å². The zero-order chi connectivity index (χ0) is 46.4. The number of rotatable bonds is 9. The lowest BCUT2D eigenvalue weighted by atomic mass is 9.94. The Kier molecular flexibility index (Phi) is 10.2. The van der Waals surface area contributed by atoms with Gasteiger partial charge in [0.1, 0.15) is 0 Å². The topological polar surface area (TPSA) is 6.48 Å². The predicted octanol–water partition coefficient (Wildman–Crippen LogP) is 19.4. The molecule has 0 radical (unpaired) electrons. The minimum atomic E-state index is 1.09. The molecule has 0 bridgehead atoms. The van der Waals surface area contributed by atoms with E-state index < -0.39 is 0 Å². The molecule has 0 saturated heterocycles. The quantitative estimate of drug-likeness (QED) is 0.142. The molecular formula is C68H46N2. The number of anilines is 6. The second kappa shape index (κ2) is 17.4. The van der Waals surface area contributed by atoms with Crippen LogP contribution in [0.3, 0.4) is 0 Å². The van der Waals surface area contributed by atoms with Crippen LogP contribution in [0.15, 0.2) is 279 Å². The van der Waals surface area contributed by atoms with Gasteiger partial charge in [0.15, 0.2) is 0 Å². The molecular weight excluding hydrogens is 845 g/mol. The minimum absolute atomic E-state index is 1.09. The van der Waals surface area contributed by atoms with Crippen molar-refractivity contribution in [1.29, 1.82) is 0 Å². The lowest BCUT2D eigenvalue weighted by Gasteiger charge is -2.29. The third-order valence-corrected chi connectivity index (χ3v) is 14.0. The molecule has 2 heteroatoms. The summed E-state index contributed by atoms with van der Waals surface area (Å²) in [6.07, 6.45) is 0. The molecule has 0 aromatic heterocycles. The van der Waals surface area contributed by atoms with Crippen LogP contribution in [0.25, 0.3) is 87.2 Å². The van der Waals surface area contributed by atoms with Gasteiger partial charge in [-0.15, -0.1) is 0 Å². The van der Waals surface area contributed by atoms with Gasteiger partial charge in [-0.2, -0.15) is 0 Å². The fourth-order valence-electron chi connectivity index (χ4n) is 10.5. The summed E-state index contributed by atoms with van der Waals surface area (Å²) in [5.74, 6) is 0. The molecule has 13 aromatic rings. The highest BCUT2D eigenvalue weighted by Gasteiger charge is 2.21. The molecule has 0 atom stereocenters. The molecule has 13 aromatic carbocycles. The zero-order valence-electron chi connectivity index (χ0n) is 38.5. The van der Waals surface area contributed by atoms with Crippen molar-refractivity contribution in [3.63, 3.8) is 0 Å². The summed E-state index contributed by atoms with van der Waals surface area (Å²) in [5, 5.41) is 12.2. The summed E-state index contributed by atoms with van der Waals surface area (Å²) in [4.78, 5) is 4.85. The average molecular weight is 891 g/mol. The van der Waals surface area contributed by atoms with E-state index in [0.29, 0.717) is 0 Å². The Morgan fingerprint density at radius 3 is 1.20 bits per heavy atom. The molecule has 0 N–H and O–H groups in total. The molecule has 0 fully saturated rings. The maximum absolute atomic E-state index is 2.46. The van der Waals surface area contributed by atoms with Crippen molar-refractivity contribution in [2.45, 2.75) is 0 Å². The Bertz CT molecular complexity index is 4040. The fraction of sp³-hybridized carbons (Fsp3) is 0. The predicted molar refractivity (Wildman–Crippen MR) is 300 cm³/mol. The Balaban J connectivity index is 0.899. The molecule has 0 aliphatic rings. The van der Waals surface area contributed by atoms with Gasteiger partial charge in [0.25, 0.3) is 0 Å². The van der Waals surface area contributed by atoms with Crippen molar-refractivity contribution in [1.82, 2.24) is 0 Å². The Morgan fingerprint density at radius 2 is 0.586 bits per heavy atom. The summed E-state index contributed by atoms with van der Waals surface area (Å²) >= 11 is 0. The van der Waals surface area contributed by atoms with Gasteiger partial charge in [0.05, 0.1) is 17.1 Å². The summed E-state index contributed by atoms with van der Waals surface area (Å²) in [7, 11) is 0. The van der Waals surface area contributed by atoms with Crippen LogP contribution in [0.1, 0.15) is 0 Å². The van der Waals surface area contributed by atoms with E-state index in [4.69, 9.17) is 0 Å². The molecule has 0 amide bonds. The van der Waals surface area contributed by atoms with Crippen LogP contribution in [0.4, 0.5) is 34.1 Å². The van der Waals surface area contributed by atoms with Crippen LogP contribution in [-0.2, 0) is 0 Å². The summed E-state index contributed by atoms with van der Waals surface area (Å²) in [5.41, 5.74) is 13.8. The molecule has 0 unspecified atom stereocenters. The average Bonchev–Trinajstić information content (AvgIpc) is 3.43. The van der Waals surface area contributed by atoms with Gasteiger partial charge >= 0.3 is 0 Å². The largest absolute Gasteiger partial charge is 0.310 e. The maximum atomic E-state index is 2.46. The van der Waals surface area contributed by atoms with Gasteiger partial charge in [-0.3, -0.25) is 0 Å². The maximum Gasteiger partial charge on any atom is 0.0546 e. The normalized spacial score (nSPS) is 11.4. The van der Waals surface area contributed by atoms with Crippen molar-refractivity contribution in [3.8, 4) is 33.4 Å². The SMILES string of the molecule is c1ccc2cc(N(c3ccc(-c4ccc(N(c5cccc6ccccc56)c5cc(-c6ccc(-c7cccc8ccccc78)cc6)cc6ccccc56)cc4)cc3)c3cccc4ccccc34)ccc2c1. The lowest BCUT2D eigenvalue weighted by molar-refractivity contribution is 1.30. The third-order valence-electron chi connectivity index (χ3n) is 14.0. The first kappa shape index (κ1) is 41.0. The summed E-state index contributed by atoms with van der Waals surface area (Å²) < 4.78 is 0. The van der Waals surface area contributed by atoms with Crippen molar-refractivity contribution in [2.75, 3.05) is 9.80 Å². The van der Waals surface area contributed by atoms with Crippen LogP contribution in [-0.4, -0.2) is 0 Å². The molecule has 0 heterocycles. The summed E-state index contributed by atoms with van der Waals surface area (Å²) in [6.45, 7) is 0. The highest BCUT2D eigenvalue weighted by atomic mass is 15.1. The van der Waals surface area contributed by atoms with Crippen molar-refractivity contribution >= 4 is 88.0 Å². The lowest BCUT2D eigenvalue weighted by Crippen LogP contribution is -2.11. The van der Waals surface area contributed by atoms with Gasteiger partial charge in [-0.05, 0) is 132 Å². The third kappa shape index (κ3) is 7.40. The van der Waals surface area contributed by atoms with E-state index in [9.17, 15) is 0 Å². The Morgan fingerprint density at radius 1 is 0.186 bits per heavy atom. The van der Waals surface area contributed by atoms with E-state index >= 15 is 0 Å². The van der Waals surface area contributed by atoms with Gasteiger partial charge in [0, 0.05) is 33.2 Å². The first-order valence-electron chi connectivity index (χ1n) is 24.1. The fourth-order valence-corrected chi connectivity index (χ4v) is 10.5. The van der Waals surface area contributed by atoms with Crippen LogP contribution >= 0.6 is 0 Å². The highest BCUT2D eigenvalue weighted by Crippen LogP contribution is 2.46. The van der Waals surface area contributed by atoms with E-state index in [1.165, 1.54) is 76.1 Å². The molecule has 0 spiro atoms. The number of fused-ring (bicyclic) bond motifs is 5. The van der Waals surface area contributed by atoms with Gasteiger partial charge in [0.2, 0.25) is 0 Å². The smallest absolute Gasteiger partial charge is 0.0546 e.